The van der Waals surface area contributed by atoms with E-state index in [1.165, 1.54) is 16.9 Å². The molecule has 0 aliphatic carbocycles. The van der Waals surface area contributed by atoms with Gasteiger partial charge in [0.15, 0.2) is 5.65 Å². The largest absolute Gasteiger partial charge is 0.306 e. The maximum atomic E-state index is 12.7. The third-order valence-electron chi connectivity index (χ3n) is 3.83. The number of carbonyl (C=O) groups is 1. The van der Waals surface area contributed by atoms with E-state index in [0.29, 0.717) is 28.3 Å². The second-order valence-corrected chi connectivity index (χ2v) is 5.42. The number of amides is 1. The number of fused-ring (bicyclic) bond motifs is 1. The lowest BCUT2D eigenvalue weighted by molar-refractivity contribution is 0.0988. The maximum absolute atomic E-state index is 12.7. The van der Waals surface area contributed by atoms with Gasteiger partial charge in [0.05, 0.1) is 17.4 Å². The molecular formula is C17H12N8O. The van der Waals surface area contributed by atoms with Gasteiger partial charge in [0.25, 0.3) is 5.91 Å². The molecule has 0 radical (unpaired) electrons. The van der Waals surface area contributed by atoms with E-state index in [-0.39, 0.29) is 0 Å². The number of carbonyl (C=O) groups excluding carboxylic acids is 1. The molecule has 4 heterocycles. The number of hydrogen-bond donors (Lipinski definition) is 1. The molecule has 0 unspecified atom stereocenters. The van der Waals surface area contributed by atoms with Crippen molar-refractivity contribution in [1.29, 1.82) is 5.26 Å². The summed E-state index contributed by atoms with van der Waals surface area (Å²) in [7, 11) is 0. The zero-order chi connectivity index (χ0) is 18.1. The Bertz CT molecular complexity index is 1140. The third kappa shape index (κ3) is 2.56. The first kappa shape index (κ1) is 15.5. The first-order valence-electron chi connectivity index (χ1n) is 7.59. The molecule has 4 aromatic heterocycles. The second kappa shape index (κ2) is 6.12. The van der Waals surface area contributed by atoms with Crippen molar-refractivity contribution in [3.63, 3.8) is 0 Å². The maximum Gasteiger partial charge on any atom is 0.277 e. The topological polar surface area (TPSA) is 118 Å². The minimum atomic E-state index is -0.427. The van der Waals surface area contributed by atoms with Crippen LogP contribution in [0.15, 0.2) is 61.4 Å². The van der Waals surface area contributed by atoms with Crippen molar-refractivity contribution in [2.45, 2.75) is 0 Å². The van der Waals surface area contributed by atoms with Crippen molar-refractivity contribution in [1.82, 2.24) is 24.1 Å². The van der Waals surface area contributed by atoms with Crippen molar-refractivity contribution in [3.05, 3.63) is 72.6 Å². The number of rotatable bonds is 3. The van der Waals surface area contributed by atoms with Crippen LogP contribution in [0.1, 0.15) is 15.9 Å². The van der Waals surface area contributed by atoms with Gasteiger partial charge in [0.2, 0.25) is 0 Å². The van der Waals surface area contributed by atoms with Gasteiger partial charge in [-0.1, -0.05) is 0 Å². The lowest BCUT2D eigenvalue weighted by atomic mass is 10.3. The molecule has 126 valence electrons. The monoisotopic (exact) mass is 344 g/mol. The highest BCUT2D eigenvalue weighted by molar-refractivity contribution is 6.08. The molecular weight excluding hydrogens is 332 g/mol. The molecule has 9 heteroatoms. The second-order valence-electron chi connectivity index (χ2n) is 5.42. The van der Waals surface area contributed by atoms with Gasteiger partial charge in [-0.05, 0) is 24.3 Å². The summed E-state index contributed by atoms with van der Waals surface area (Å²) in [6.07, 6.45) is 9.60. The van der Waals surface area contributed by atoms with Gasteiger partial charge in [-0.3, -0.25) is 4.79 Å². The lowest BCUT2D eigenvalue weighted by Crippen LogP contribution is -2.37. The standard InChI is InChI=1S/C17H12N8O/c18-8-12-2-3-15(21-9-12)23-7-4-13(11-23)25(19)17(26)14-10-22-24-6-1-5-20-16(14)24/h1-7,9-11H,19H2. The molecule has 0 atom stereocenters. The minimum Gasteiger partial charge on any atom is -0.306 e. The number of nitrogens with two attached hydrogens (primary N) is 1. The van der Waals surface area contributed by atoms with Crippen molar-refractivity contribution in [3.8, 4) is 11.9 Å². The van der Waals surface area contributed by atoms with Crippen molar-refractivity contribution in [2.24, 2.45) is 5.84 Å². The van der Waals surface area contributed by atoms with E-state index in [2.05, 4.69) is 15.1 Å². The Morgan fingerprint density at radius 3 is 2.85 bits per heavy atom. The zero-order valence-corrected chi connectivity index (χ0v) is 13.4. The summed E-state index contributed by atoms with van der Waals surface area (Å²) in [6.45, 7) is 0. The van der Waals surface area contributed by atoms with E-state index >= 15 is 0 Å². The average molecular weight is 344 g/mol. The van der Waals surface area contributed by atoms with Crippen LogP contribution in [0.4, 0.5) is 5.69 Å². The van der Waals surface area contributed by atoms with Gasteiger partial charge < -0.3 is 4.57 Å². The summed E-state index contributed by atoms with van der Waals surface area (Å²) < 4.78 is 3.21. The van der Waals surface area contributed by atoms with Crippen molar-refractivity contribution in [2.75, 3.05) is 5.01 Å². The SMILES string of the molecule is N#Cc1ccc(-n2ccc(N(N)C(=O)c3cnn4cccnc34)c2)nc1. The van der Waals surface area contributed by atoms with Gasteiger partial charge >= 0.3 is 0 Å². The highest BCUT2D eigenvalue weighted by atomic mass is 16.2. The Morgan fingerprint density at radius 2 is 2.08 bits per heavy atom. The first-order chi connectivity index (χ1) is 12.7. The van der Waals surface area contributed by atoms with Gasteiger partial charge in [-0.25, -0.2) is 25.3 Å². The number of nitriles is 1. The smallest absolute Gasteiger partial charge is 0.277 e. The molecule has 1 amide bonds. The predicted molar refractivity (Wildman–Crippen MR) is 92.3 cm³/mol. The van der Waals surface area contributed by atoms with Crippen LogP contribution in [0.5, 0.6) is 0 Å². The molecule has 0 aromatic carbocycles. The van der Waals surface area contributed by atoms with Crippen LogP contribution in [0.2, 0.25) is 0 Å². The molecule has 0 bridgehead atoms. The number of anilines is 1. The Morgan fingerprint density at radius 1 is 1.19 bits per heavy atom. The molecule has 0 spiro atoms. The number of aromatic nitrogens is 5. The Balaban J connectivity index is 1.62. The molecule has 4 aromatic rings. The summed E-state index contributed by atoms with van der Waals surface area (Å²) in [5, 5.41) is 14.0. The first-order valence-corrected chi connectivity index (χ1v) is 7.59. The summed E-state index contributed by atoms with van der Waals surface area (Å²) in [5.41, 5.74) is 1.69. The highest BCUT2D eigenvalue weighted by Crippen LogP contribution is 2.18. The van der Waals surface area contributed by atoms with Crippen LogP contribution < -0.4 is 10.9 Å². The molecule has 0 saturated heterocycles. The van der Waals surface area contributed by atoms with E-state index in [9.17, 15) is 4.79 Å². The summed E-state index contributed by atoms with van der Waals surface area (Å²) in [4.78, 5) is 21.1. The van der Waals surface area contributed by atoms with E-state index in [1.54, 1.807) is 53.6 Å². The van der Waals surface area contributed by atoms with Crippen molar-refractivity contribution >= 4 is 17.2 Å². The Kier molecular flexibility index (Phi) is 3.65. The van der Waals surface area contributed by atoms with Crippen LogP contribution in [-0.2, 0) is 0 Å². The summed E-state index contributed by atoms with van der Waals surface area (Å²) >= 11 is 0. The molecule has 0 saturated carbocycles. The molecule has 0 fully saturated rings. The molecule has 0 aliphatic rings. The third-order valence-corrected chi connectivity index (χ3v) is 3.83. The predicted octanol–water partition coefficient (Wildman–Crippen LogP) is 1.31. The number of pyridine rings is 1. The number of nitrogens with zero attached hydrogens (tertiary/aromatic N) is 7. The normalized spacial score (nSPS) is 10.6. The van der Waals surface area contributed by atoms with Crippen LogP contribution in [0, 0.1) is 11.3 Å². The molecule has 0 aliphatic heterocycles. The fraction of sp³-hybridized carbons (Fsp3) is 0. The van der Waals surface area contributed by atoms with Crippen LogP contribution in [0.3, 0.4) is 0 Å². The highest BCUT2D eigenvalue weighted by Gasteiger charge is 2.20. The van der Waals surface area contributed by atoms with Crippen LogP contribution >= 0.6 is 0 Å². The molecule has 2 N–H and O–H groups in total. The van der Waals surface area contributed by atoms with Crippen LogP contribution in [0.25, 0.3) is 11.5 Å². The summed E-state index contributed by atoms with van der Waals surface area (Å²) in [6, 6.07) is 8.80. The molecule has 9 nitrogen and oxygen atoms in total. The molecule has 26 heavy (non-hydrogen) atoms. The van der Waals surface area contributed by atoms with E-state index in [4.69, 9.17) is 11.1 Å². The van der Waals surface area contributed by atoms with E-state index in [1.807, 2.05) is 6.07 Å². The fourth-order valence-electron chi connectivity index (χ4n) is 2.50. The zero-order valence-electron chi connectivity index (χ0n) is 13.4. The van der Waals surface area contributed by atoms with E-state index < -0.39 is 5.91 Å². The van der Waals surface area contributed by atoms with Gasteiger partial charge in [-0.15, -0.1) is 0 Å². The Labute approximate surface area is 147 Å². The lowest BCUT2D eigenvalue weighted by Gasteiger charge is -2.13. The van der Waals surface area contributed by atoms with Gasteiger partial charge in [0, 0.05) is 31.0 Å². The Hall–Kier alpha value is -4.03. The number of hydrazine groups is 1. The van der Waals surface area contributed by atoms with Crippen LogP contribution in [-0.4, -0.2) is 30.1 Å². The summed E-state index contributed by atoms with van der Waals surface area (Å²) in [5.74, 6) is 6.18. The number of hydrogen-bond acceptors (Lipinski definition) is 6. The van der Waals surface area contributed by atoms with Crippen molar-refractivity contribution < 1.29 is 4.79 Å². The fourth-order valence-corrected chi connectivity index (χ4v) is 2.50. The van der Waals surface area contributed by atoms with Gasteiger partial charge in [-0.2, -0.15) is 10.4 Å². The molecule has 4 rings (SSSR count). The average Bonchev–Trinajstić information content (AvgIpc) is 3.34. The van der Waals surface area contributed by atoms with E-state index in [0.717, 1.165) is 5.01 Å². The van der Waals surface area contributed by atoms with Gasteiger partial charge in [0.1, 0.15) is 17.5 Å². The quantitative estimate of drug-likeness (QED) is 0.340. The minimum absolute atomic E-state index is 0.303.